The first-order chi connectivity index (χ1) is 14.1. The van der Waals surface area contributed by atoms with E-state index < -0.39 is 45.8 Å². The Labute approximate surface area is 181 Å². The Hall–Kier alpha value is -1.54. The molecule has 2 aromatic carbocycles. The van der Waals surface area contributed by atoms with Crippen LogP contribution in [-0.2, 0) is 24.2 Å². The number of benzene rings is 2. The highest BCUT2D eigenvalue weighted by atomic mass is 28.2. The Balaban J connectivity index is 1.88. The molecular weight excluding hydrogens is 396 g/mol. The molecule has 0 aliphatic carbocycles. The van der Waals surface area contributed by atoms with Crippen LogP contribution in [0.25, 0.3) is 0 Å². The van der Waals surface area contributed by atoms with Gasteiger partial charge in [-0.1, -0.05) is 81.4 Å². The lowest BCUT2D eigenvalue weighted by Crippen LogP contribution is -2.51. The number of ether oxygens (including phenoxy) is 3. The summed E-state index contributed by atoms with van der Waals surface area (Å²) in [4.78, 5) is 0. The fraction of sp³-hybridized carbons (Fsp3) is 0.500. The van der Waals surface area contributed by atoms with Crippen molar-refractivity contribution in [2.75, 3.05) is 0 Å². The molecule has 162 valence electrons. The third-order valence-electron chi connectivity index (χ3n) is 5.57. The minimum atomic E-state index is -1.08. The van der Waals surface area contributed by atoms with Gasteiger partial charge in [-0.05, 0) is 30.0 Å². The lowest BCUT2D eigenvalue weighted by atomic mass is 9.79. The van der Waals surface area contributed by atoms with Crippen molar-refractivity contribution in [2.45, 2.75) is 75.6 Å². The maximum atomic E-state index is 10.7. The van der Waals surface area contributed by atoms with Crippen molar-refractivity contribution in [2.24, 2.45) is 0 Å². The molecule has 4 unspecified atom stereocenters. The van der Waals surface area contributed by atoms with Crippen molar-refractivity contribution in [3.05, 3.63) is 71.8 Å². The van der Waals surface area contributed by atoms with Crippen LogP contribution in [0.2, 0.25) is 5.04 Å². The number of hydrogen-bond acceptors (Lipinski definition) is 5. The van der Waals surface area contributed by atoms with Crippen molar-refractivity contribution in [3.63, 3.8) is 0 Å². The molecule has 5 nitrogen and oxygen atoms in total. The van der Waals surface area contributed by atoms with Crippen molar-refractivity contribution in [3.8, 4) is 0 Å². The Bertz CT molecular complexity index is 809. The Morgan fingerprint density at radius 3 is 1.87 bits per heavy atom. The first kappa shape index (κ1) is 21.7. The SMILES string of the molecule is CC1(C)OC2C(O)OC(C(O[SiH2]C(C)(C)C)(c3ccccc3)c3ccccc3)C2O1. The molecule has 0 spiro atoms. The molecule has 4 atom stereocenters. The molecule has 2 fully saturated rings. The van der Waals surface area contributed by atoms with Crippen LogP contribution < -0.4 is 0 Å². The van der Waals surface area contributed by atoms with Crippen LogP contribution in [0.15, 0.2) is 60.7 Å². The third-order valence-corrected chi connectivity index (χ3v) is 7.03. The Kier molecular flexibility index (Phi) is 5.68. The minimum absolute atomic E-state index is 0.0672. The van der Waals surface area contributed by atoms with Gasteiger partial charge in [-0.3, -0.25) is 0 Å². The summed E-state index contributed by atoms with van der Waals surface area (Å²) >= 11 is 0. The summed E-state index contributed by atoms with van der Waals surface area (Å²) in [6, 6.07) is 20.3. The first-order valence-electron chi connectivity index (χ1n) is 10.6. The van der Waals surface area contributed by atoms with Gasteiger partial charge in [-0.15, -0.1) is 0 Å². The summed E-state index contributed by atoms with van der Waals surface area (Å²) in [7, 11) is -1.01. The van der Waals surface area contributed by atoms with Gasteiger partial charge in [0.1, 0.15) is 23.9 Å². The van der Waals surface area contributed by atoms with E-state index in [1.54, 1.807) is 0 Å². The fourth-order valence-electron chi connectivity index (χ4n) is 4.35. The number of rotatable bonds is 5. The zero-order chi connectivity index (χ0) is 21.6. The molecule has 6 heteroatoms. The van der Waals surface area contributed by atoms with E-state index in [1.165, 1.54) is 0 Å². The van der Waals surface area contributed by atoms with Crippen LogP contribution >= 0.6 is 0 Å². The molecule has 1 N–H and O–H groups in total. The Morgan fingerprint density at radius 2 is 1.37 bits per heavy atom. The predicted octanol–water partition coefficient (Wildman–Crippen LogP) is 3.49. The topological polar surface area (TPSA) is 57.2 Å². The standard InChI is InChI=1S/C24H32O5Si/c1-22(2,3)30-29-24(16-12-8-6-9-13-16,17-14-10-7-11-15-17)20-18-19(21(25)26-20)28-23(4,5)27-18/h6-15,18-21,25H,30H2,1-5H3. The van der Waals surface area contributed by atoms with Crippen molar-refractivity contribution in [1.82, 2.24) is 0 Å². The van der Waals surface area contributed by atoms with Gasteiger partial charge in [0.05, 0.1) is 0 Å². The maximum Gasteiger partial charge on any atom is 0.184 e. The van der Waals surface area contributed by atoms with Gasteiger partial charge in [0, 0.05) is 0 Å². The van der Waals surface area contributed by atoms with Gasteiger partial charge in [-0.25, -0.2) is 0 Å². The molecule has 0 aromatic heterocycles. The minimum Gasteiger partial charge on any atom is -0.408 e. The highest BCUT2D eigenvalue weighted by molar-refractivity contribution is 6.32. The molecule has 0 bridgehead atoms. The summed E-state index contributed by atoms with van der Waals surface area (Å²) in [6.07, 6.45) is -2.64. The molecule has 0 amide bonds. The molecule has 2 heterocycles. The van der Waals surface area contributed by atoms with E-state index in [-0.39, 0.29) is 5.04 Å². The summed E-state index contributed by atoms with van der Waals surface area (Å²) in [5.41, 5.74) is 1.06. The normalized spacial score (nSPS) is 28.9. The van der Waals surface area contributed by atoms with Gasteiger partial charge in [0.2, 0.25) is 0 Å². The summed E-state index contributed by atoms with van der Waals surface area (Å²) in [5.74, 6) is -0.793. The van der Waals surface area contributed by atoms with Crippen LogP contribution in [0.3, 0.4) is 0 Å². The number of aliphatic hydroxyl groups excluding tert-OH is 1. The average molecular weight is 429 g/mol. The van der Waals surface area contributed by atoms with E-state index in [4.69, 9.17) is 18.6 Å². The highest BCUT2D eigenvalue weighted by Gasteiger charge is 2.62. The smallest absolute Gasteiger partial charge is 0.184 e. The van der Waals surface area contributed by atoms with Crippen molar-refractivity contribution < 1.29 is 23.7 Å². The first-order valence-corrected chi connectivity index (χ1v) is 11.9. The van der Waals surface area contributed by atoms with Gasteiger partial charge >= 0.3 is 0 Å². The largest absolute Gasteiger partial charge is 0.408 e. The van der Waals surface area contributed by atoms with Gasteiger partial charge in [0.15, 0.2) is 21.8 Å². The van der Waals surface area contributed by atoms with Crippen molar-refractivity contribution >= 4 is 9.76 Å². The molecule has 2 aromatic rings. The van der Waals surface area contributed by atoms with E-state index >= 15 is 0 Å². The number of aliphatic hydroxyl groups is 1. The quantitative estimate of drug-likeness (QED) is 0.739. The molecule has 2 aliphatic rings. The molecule has 2 aliphatic heterocycles. The van der Waals surface area contributed by atoms with E-state index in [2.05, 4.69) is 45.0 Å². The van der Waals surface area contributed by atoms with E-state index in [0.29, 0.717) is 0 Å². The summed E-state index contributed by atoms with van der Waals surface area (Å²) < 4.78 is 25.4. The van der Waals surface area contributed by atoms with E-state index in [0.717, 1.165) is 11.1 Å². The molecule has 0 saturated carbocycles. The monoisotopic (exact) mass is 428 g/mol. The maximum absolute atomic E-state index is 10.7. The zero-order valence-electron chi connectivity index (χ0n) is 18.4. The summed E-state index contributed by atoms with van der Waals surface area (Å²) in [5, 5.41) is 10.8. The van der Waals surface area contributed by atoms with E-state index in [9.17, 15) is 5.11 Å². The van der Waals surface area contributed by atoms with Gasteiger partial charge in [0.25, 0.3) is 0 Å². The van der Waals surface area contributed by atoms with Crippen LogP contribution in [0.1, 0.15) is 45.7 Å². The second-order valence-electron chi connectivity index (χ2n) is 9.83. The molecule has 4 rings (SSSR count). The van der Waals surface area contributed by atoms with Crippen molar-refractivity contribution in [1.29, 1.82) is 0 Å². The molecule has 0 radical (unpaired) electrons. The second kappa shape index (κ2) is 7.86. The highest BCUT2D eigenvalue weighted by Crippen LogP contribution is 2.49. The van der Waals surface area contributed by atoms with Crippen LogP contribution in [0.4, 0.5) is 0 Å². The molecule has 30 heavy (non-hydrogen) atoms. The van der Waals surface area contributed by atoms with Crippen LogP contribution in [-0.4, -0.2) is 45.3 Å². The Morgan fingerprint density at radius 1 is 0.867 bits per heavy atom. The van der Waals surface area contributed by atoms with Crippen LogP contribution in [0.5, 0.6) is 0 Å². The van der Waals surface area contributed by atoms with Gasteiger partial charge < -0.3 is 23.7 Å². The molecule has 2 saturated heterocycles. The second-order valence-corrected chi connectivity index (χ2v) is 12.5. The zero-order valence-corrected chi connectivity index (χ0v) is 19.8. The predicted molar refractivity (Wildman–Crippen MR) is 118 cm³/mol. The average Bonchev–Trinajstić information content (AvgIpc) is 3.17. The van der Waals surface area contributed by atoms with Gasteiger partial charge in [-0.2, -0.15) is 0 Å². The lowest BCUT2D eigenvalue weighted by Gasteiger charge is -2.43. The fourth-order valence-corrected chi connectivity index (χ4v) is 5.51. The summed E-state index contributed by atoms with van der Waals surface area (Å²) in [6.45, 7) is 10.3. The number of fused-ring (bicyclic) bond motifs is 1. The third kappa shape index (κ3) is 4.00. The van der Waals surface area contributed by atoms with Crippen LogP contribution in [0, 0.1) is 0 Å². The molecular formula is C24H32O5Si. The van der Waals surface area contributed by atoms with E-state index in [1.807, 2.05) is 50.2 Å². The lowest BCUT2D eigenvalue weighted by molar-refractivity contribution is -0.237. The number of hydrogen-bond donors (Lipinski definition) is 1.